The van der Waals surface area contributed by atoms with E-state index in [1.54, 1.807) is 6.20 Å². The number of carboxylic acid groups (broad SMARTS) is 1. The zero-order valence-corrected chi connectivity index (χ0v) is 19.6. The Labute approximate surface area is 204 Å². The van der Waals surface area contributed by atoms with Gasteiger partial charge < -0.3 is 32.2 Å². The van der Waals surface area contributed by atoms with E-state index in [-0.39, 0.29) is 12.8 Å². The van der Waals surface area contributed by atoms with Gasteiger partial charge in [-0.2, -0.15) is 0 Å². The van der Waals surface area contributed by atoms with E-state index in [1.807, 2.05) is 54.6 Å². The molecule has 0 saturated heterocycles. The Morgan fingerprint density at radius 2 is 1.60 bits per heavy atom. The molecule has 1 aromatic heterocycles. The van der Waals surface area contributed by atoms with Crippen LogP contribution in [0.1, 0.15) is 30.4 Å². The van der Waals surface area contributed by atoms with Crippen LogP contribution in [0.15, 0.2) is 60.8 Å². The van der Waals surface area contributed by atoms with Gasteiger partial charge in [0.25, 0.3) is 0 Å². The number of carboxylic acids is 1. The second-order valence-corrected chi connectivity index (χ2v) is 8.59. The number of rotatable bonds is 13. The van der Waals surface area contributed by atoms with Gasteiger partial charge in [-0.15, -0.1) is 0 Å². The van der Waals surface area contributed by atoms with Gasteiger partial charge in [-0.05, 0) is 49.4 Å². The van der Waals surface area contributed by atoms with Crippen LogP contribution in [0.25, 0.3) is 10.9 Å². The van der Waals surface area contributed by atoms with E-state index in [4.69, 9.17) is 11.5 Å². The average molecular weight is 480 g/mol. The van der Waals surface area contributed by atoms with Crippen molar-refractivity contribution in [1.82, 2.24) is 15.6 Å². The Hall–Kier alpha value is -3.69. The number of aromatic nitrogens is 1. The molecule has 3 atom stereocenters. The largest absolute Gasteiger partial charge is 0.480 e. The molecule has 0 saturated carbocycles. The summed E-state index contributed by atoms with van der Waals surface area (Å²) in [4.78, 5) is 40.8. The van der Waals surface area contributed by atoms with Crippen molar-refractivity contribution in [1.29, 1.82) is 0 Å². The summed E-state index contributed by atoms with van der Waals surface area (Å²) in [5.74, 6) is -2.19. The SMILES string of the molecule is NCCC[C@H](NC(=O)[C@@H](N)CCc1ccccc1)C(=O)N[C@@H](Cc1c[nH]c2ccccc12)C(=O)O. The standard InChI is InChI=1S/C26H33N5O4/c27-14-6-11-22(30-24(32)20(28)13-12-17-7-2-1-3-8-17)25(33)31-23(26(34)35)15-18-16-29-21-10-5-4-9-19(18)21/h1-5,7-10,16,20,22-23,29H,6,11-15,27-28H2,(H,30,32)(H,31,33)(H,34,35)/t20-,22-,23-/m0/s1. The third-order valence-corrected chi connectivity index (χ3v) is 5.97. The Morgan fingerprint density at radius 3 is 2.31 bits per heavy atom. The first-order chi connectivity index (χ1) is 16.9. The molecule has 9 nitrogen and oxygen atoms in total. The predicted octanol–water partition coefficient (Wildman–Crippen LogP) is 1.46. The second kappa shape index (κ2) is 12.7. The molecule has 0 spiro atoms. The lowest BCUT2D eigenvalue weighted by molar-refractivity contribution is -0.142. The van der Waals surface area contributed by atoms with E-state index in [2.05, 4.69) is 15.6 Å². The highest BCUT2D eigenvalue weighted by Crippen LogP contribution is 2.19. The zero-order chi connectivity index (χ0) is 25.2. The maximum Gasteiger partial charge on any atom is 0.326 e. The summed E-state index contributed by atoms with van der Waals surface area (Å²) in [5, 5.41) is 15.9. The number of hydrogen-bond acceptors (Lipinski definition) is 5. The maximum absolute atomic E-state index is 13.0. The highest BCUT2D eigenvalue weighted by molar-refractivity contribution is 5.92. The van der Waals surface area contributed by atoms with Crippen LogP contribution in [0.2, 0.25) is 0 Å². The van der Waals surface area contributed by atoms with Crippen LogP contribution in [-0.2, 0) is 27.2 Å². The second-order valence-electron chi connectivity index (χ2n) is 8.59. The van der Waals surface area contributed by atoms with Crippen molar-refractivity contribution in [3.05, 3.63) is 71.9 Å². The molecule has 0 fully saturated rings. The Bertz CT molecular complexity index is 1130. The molecule has 3 aromatic rings. The molecule has 35 heavy (non-hydrogen) atoms. The van der Waals surface area contributed by atoms with E-state index in [0.717, 1.165) is 22.0 Å². The van der Waals surface area contributed by atoms with Crippen LogP contribution in [-0.4, -0.2) is 52.5 Å². The molecule has 9 heteroatoms. The third kappa shape index (κ3) is 7.40. The lowest BCUT2D eigenvalue weighted by atomic mass is 10.0. The van der Waals surface area contributed by atoms with E-state index in [1.165, 1.54) is 0 Å². The number of H-pyrrole nitrogens is 1. The third-order valence-electron chi connectivity index (χ3n) is 5.97. The Kier molecular flexibility index (Phi) is 9.39. The molecule has 1 heterocycles. The lowest BCUT2D eigenvalue weighted by Gasteiger charge is -2.23. The van der Waals surface area contributed by atoms with Crippen molar-refractivity contribution in [2.24, 2.45) is 11.5 Å². The van der Waals surface area contributed by atoms with Crippen LogP contribution < -0.4 is 22.1 Å². The summed E-state index contributed by atoms with van der Waals surface area (Å²) >= 11 is 0. The number of amides is 2. The quantitative estimate of drug-likeness (QED) is 0.217. The smallest absolute Gasteiger partial charge is 0.326 e. The minimum atomic E-state index is -1.16. The van der Waals surface area contributed by atoms with Crippen LogP contribution in [0.3, 0.4) is 0 Å². The summed E-state index contributed by atoms with van der Waals surface area (Å²) in [7, 11) is 0. The summed E-state index contributed by atoms with van der Waals surface area (Å²) in [6.45, 7) is 0.331. The number of hydrogen-bond donors (Lipinski definition) is 6. The van der Waals surface area contributed by atoms with Gasteiger partial charge in [-0.1, -0.05) is 48.5 Å². The highest BCUT2D eigenvalue weighted by atomic mass is 16.4. The molecule has 3 rings (SSSR count). The van der Waals surface area contributed by atoms with Crippen LogP contribution >= 0.6 is 0 Å². The number of nitrogens with two attached hydrogens (primary N) is 2. The van der Waals surface area contributed by atoms with Crippen molar-refractivity contribution >= 4 is 28.7 Å². The van der Waals surface area contributed by atoms with Crippen LogP contribution in [0.5, 0.6) is 0 Å². The molecule has 0 aliphatic heterocycles. The van der Waals surface area contributed by atoms with Gasteiger partial charge in [0.1, 0.15) is 12.1 Å². The first-order valence-electron chi connectivity index (χ1n) is 11.8. The van der Waals surface area contributed by atoms with Crippen molar-refractivity contribution < 1.29 is 19.5 Å². The highest BCUT2D eigenvalue weighted by Gasteiger charge is 2.28. The van der Waals surface area contributed by atoms with Gasteiger partial charge in [-0.3, -0.25) is 9.59 Å². The molecule has 2 aromatic carbocycles. The number of aliphatic carboxylic acids is 1. The van der Waals surface area contributed by atoms with Crippen molar-refractivity contribution in [3.63, 3.8) is 0 Å². The molecular formula is C26H33N5O4. The van der Waals surface area contributed by atoms with E-state index in [9.17, 15) is 19.5 Å². The number of carbonyl (C=O) groups excluding carboxylic acids is 2. The van der Waals surface area contributed by atoms with Crippen molar-refractivity contribution in [2.45, 2.75) is 50.2 Å². The number of fused-ring (bicyclic) bond motifs is 1. The van der Waals surface area contributed by atoms with E-state index < -0.39 is 35.9 Å². The number of para-hydroxylation sites is 1. The van der Waals surface area contributed by atoms with Crippen molar-refractivity contribution in [2.75, 3.05) is 6.54 Å². The minimum Gasteiger partial charge on any atom is -0.480 e. The molecule has 0 unspecified atom stereocenters. The molecule has 8 N–H and O–H groups in total. The van der Waals surface area contributed by atoms with Crippen LogP contribution in [0.4, 0.5) is 0 Å². The average Bonchev–Trinajstić information content (AvgIpc) is 3.27. The topological polar surface area (TPSA) is 163 Å². The Balaban J connectivity index is 1.63. The van der Waals surface area contributed by atoms with Gasteiger partial charge in [0, 0.05) is 23.5 Å². The number of aryl methyl sites for hydroxylation is 1. The normalized spacial score (nSPS) is 13.7. The zero-order valence-electron chi connectivity index (χ0n) is 19.6. The van der Waals surface area contributed by atoms with Crippen molar-refractivity contribution in [3.8, 4) is 0 Å². The molecule has 0 radical (unpaired) electrons. The summed E-state index contributed by atoms with van der Waals surface area (Å²) < 4.78 is 0. The fourth-order valence-corrected chi connectivity index (χ4v) is 3.96. The number of nitrogens with one attached hydrogen (secondary N) is 3. The molecule has 186 valence electrons. The maximum atomic E-state index is 13.0. The fraction of sp³-hybridized carbons (Fsp3) is 0.346. The molecule has 0 aliphatic carbocycles. The number of benzene rings is 2. The number of aromatic amines is 1. The van der Waals surface area contributed by atoms with E-state index in [0.29, 0.717) is 25.8 Å². The lowest BCUT2D eigenvalue weighted by Crippen LogP contribution is -2.55. The summed E-state index contributed by atoms with van der Waals surface area (Å²) in [6, 6.07) is 14.3. The van der Waals surface area contributed by atoms with E-state index >= 15 is 0 Å². The predicted molar refractivity (Wildman–Crippen MR) is 135 cm³/mol. The molecule has 0 bridgehead atoms. The van der Waals surface area contributed by atoms with Crippen LogP contribution in [0, 0.1) is 0 Å². The molecule has 2 amide bonds. The molecular weight excluding hydrogens is 446 g/mol. The fourth-order valence-electron chi connectivity index (χ4n) is 3.96. The first kappa shape index (κ1) is 25.9. The Morgan fingerprint density at radius 1 is 0.914 bits per heavy atom. The summed E-state index contributed by atoms with van der Waals surface area (Å²) in [6.07, 6.45) is 3.64. The van der Waals surface area contributed by atoms with Gasteiger partial charge in [0.15, 0.2) is 0 Å². The minimum absolute atomic E-state index is 0.0965. The summed E-state index contributed by atoms with van der Waals surface area (Å²) in [5.41, 5.74) is 14.4. The van der Waals surface area contributed by atoms with Gasteiger partial charge in [-0.25, -0.2) is 4.79 Å². The van der Waals surface area contributed by atoms with Gasteiger partial charge in [0.2, 0.25) is 11.8 Å². The van der Waals surface area contributed by atoms with Gasteiger partial charge >= 0.3 is 5.97 Å². The van der Waals surface area contributed by atoms with Gasteiger partial charge in [0.05, 0.1) is 6.04 Å². The molecule has 0 aliphatic rings. The first-order valence-corrected chi connectivity index (χ1v) is 11.8. The monoisotopic (exact) mass is 479 g/mol. The number of carbonyl (C=O) groups is 3.